The van der Waals surface area contributed by atoms with Crippen LogP contribution in [0.1, 0.15) is 5.82 Å². The molecule has 3 aromatic rings. The number of rotatable bonds is 4. The zero-order valence-corrected chi connectivity index (χ0v) is 12.6. The normalized spacial score (nSPS) is 10.5. The van der Waals surface area contributed by atoms with Crippen molar-refractivity contribution in [2.75, 3.05) is 10.6 Å². The summed E-state index contributed by atoms with van der Waals surface area (Å²) in [6, 6.07) is 10.9. The summed E-state index contributed by atoms with van der Waals surface area (Å²) in [5.41, 5.74) is 1.02. The van der Waals surface area contributed by atoms with Crippen LogP contribution in [0.25, 0.3) is 0 Å². The van der Waals surface area contributed by atoms with Gasteiger partial charge in [0.25, 0.3) is 0 Å². The number of nitrogens with one attached hydrogen (secondary N) is 2. The molecule has 3 rings (SSSR count). The van der Waals surface area contributed by atoms with Crippen molar-refractivity contribution in [3.63, 3.8) is 0 Å². The van der Waals surface area contributed by atoms with Gasteiger partial charge < -0.3 is 10.6 Å². The Bertz CT molecular complexity index is 866. The van der Waals surface area contributed by atoms with Gasteiger partial charge in [-0.25, -0.2) is 23.1 Å². The zero-order valence-electron chi connectivity index (χ0n) is 12.6. The van der Waals surface area contributed by atoms with Gasteiger partial charge in [-0.3, -0.25) is 0 Å². The van der Waals surface area contributed by atoms with Crippen molar-refractivity contribution in [1.82, 2.24) is 9.97 Å². The summed E-state index contributed by atoms with van der Waals surface area (Å²) in [7, 11) is 0. The second kappa shape index (κ2) is 6.57. The van der Waals surface area contributed by atoms with Crippen LogP contribution in [0.15, 0.2) is 48.5 Å². The molecule has 122 valence electrons. The van der Waals surface area contributed by atoms with Crippen molar-refractivity contribution in [3.05, 3.63) is 71.8 Å². The maximum absolute atomic E-state index is 13.3. The molecule has 4 nitrogen and oxygen atoms in total. The monoisotopic (exact) mass is 330 g/mol. The minimum absolute atomic E-state index is 0.333. The minimum atomic E-state index is -0.949. The molecule has 7 heteroatoms. The van der Waals surface area contributed by atoms with E-state index in [1.54, 1.807) is 25.1 Å². The van der Waals surface area contributed by atoms with E-state index >= 15 is 0 Å². The maximum atomic E-state index is 13.3. The molecule has 0 fully saturated rings. The summed E-state index contributed by atoms with van der Waals surface area (Å²) < 4.78 is 39.2. The summed E-state index contributed by atoms with van der Waals surface area (Å²) in [6.07, 6.45) is 0. The molecule has 0 aliphatic heterocycles. The zero-order chi connectivity index (χ0) is 17.1. The topological polar surface area (TPSA) is 49.8 Å². The Balaban J connectivity index is 1.82. The molecule has 1 heterocycles. The van der Waals surface area contributed by atoms with Crippen LogP contribution in [-0.2, 0) is 0 Å². The predicted octanol–water partition coefficient (Wildman–Crippen LogP) is 4.69. The Labute approximate surface area is 136 Å². The Morgan fingerprint density at radius 1 is 0.708 bits per heavy atom. The molecular weight excluding hydrogens is 317 g/mol. The molecule has 0 bridgehead atoms. The molecule has 0 saturated heterocycles. The van der Waals surface area contributed by atoms with Crippen molar-refractivity contribution in [1.29, 1.82) is 0 Å². The first kappa shape index (κ1) is 15.8. The Kier molecular flexibility index (Phi) is 4.33. The van der Waals surface area contributed by atoms with Gasteiger partial charge in [-0.05, 0) is 43.3 Å². The number of hydrogen-bond acceptors (Lipinski definition) is 4. The second-order valence-corrected chi connectivity index (χ2v) is 5.07. The summed E-state index contributed by atoms with van der Waals surface area (Å²) in [6.45, 7) is 1.70. The van der Waals surface area contributed by atoms with Crippen LogP contribution in [0.5, 0.6) is 0 Å². The third kappa shape index (κ3) is 3.81. The average molecular weight is 330 g/mol. The van der Waals surface area contributed by atoms with Gasteiger partial charge in [-0.2, -0.15) is 0 Å². The summed E-state index contributed by atoms with van der Waals surface area (Å²) in [5.74, 6) is -0.821. The summed E-state index contributed by atoms with van der Waals surface area (Å²) in [4.78, 5) is 8.43. The number of anilines is 4. The molecule has 0 spiro atoms. The molecule has 0 amide bonds. The van der Waals surface area contributed by atoms with E-state index in [-0.39, 0.29) is 5.82 Å². The molecule has 0 unspecified atom stereocenters. The lowest BCUT2D eigenvalue weighted by Gasteiger charge is -2.10. The van der Waals surface area contributed by atoms with E-state index in [0.717, 1.165) is 12.1 Å². The van der Waals surface area contributed by atoms with Crippen molar-refractivity contribution in [2.24, 2.45) is 0 Å². The van der Waals surface area contributed by atoms with E-state index in [1.807, 2.05) is 0 Å². The van der Waals surface area contributed by atoms with Crippen LogP contribution in [0.4, 0.5) is 36.2 Å². The van der Waals surface area contributed by atoms with Crippen molar-refractivity contribution in [3.8, 4) is 0 Å². The van der Waals surface area contributed by atoms with E-state index in [2.05, 4.69) is 20.6 Å². The lowest BCUT2D eigenvalue weighted by atomic mass is 10.3. The molecule has 0 atom stereocenters. The SMILES string of the molecule is Cc1nc(Nc2ccc(F)cc2)cc(Nc2ccc(F)c(F)c2)n1. The number of benzene rings is 2. The van der Waals surface area contributed by atoms with Crippen LogP contribution in [0.3, 0.4) is 0 Å². The van der Waals surface area contributed by atoms with E-state index < -0.39 is 11.6 Å². The number of aromatic nitrogens is 2. The Morgan fingerprint density at radius 3 is 1.92 bits per heavy atom. The van der Waals surface area contributed by atoms with Crippen LogP contribution < -0.4 is 10.6 Å². The highest BCUT2D eigenvalue weighted by molar-refractivity contribution is 5.63. The van der Waals surface area contributed by atoms with E-state index in [9.17, 15) is 13.2 Å². The minimum Gasteiger partial charge on any atom is -0.340 e. The van der Waals surface area contributed by atoms with Gasteiger partial charge in [0.05, 0.1) is 0 Å². The van der Waals surface area contributed by atoms with Gasteiger partial charge in [0.2, 0.25) is 0 Å². The van der Waals surface area contributed by atoms with Gasteiger partial charge in [0.1, 0.15) is 23.3 Å². The maximum Gasteiger partial charge on any atom is 0.160 e. The van der Waals surface area contributed by atoms with Crippen LogP contribution in [0, 0.1) is 24.4 Å². The molecule has 0 saturated carbocycles. The fourth-order valence-electron chi connectivity index (χ4n) is 2.10. The largest absolute Gasteiger partial charge is 0.340 e. The van der Waals surface area contributed by atoms with Crippen molar-refractivity contribution >= 4 is 23.0 Å². The number of aryl methyl sites for hydroxylation is 1. The van der Waals surface area contributed by atoms with E-state index in [1.165, 1.54) is 18.2 Å². The molecular formula is C17H13F3N4. The highest BCUT2D eigenvalue weighted by atomic mass is 19.2. The third-order valence-electron chi connectivity index (χ3n) is 3.15. The quantitative estimate of drug-likeness (QED) is 0.729. The van der Waals surface area contributed by atoms with E-state index in [0.29, 0.717) is 28.8 Å². The predicted molar refractivity (Wildman–Crippen MR) is 86.1 cm³/mol. The van der Waals surface area contributed by atoms with Crippen molar-refractivity contribution in [2.45, 2.75) is 6.92 Å². The summed E-state index contributed by atoms with van der Waals surface area (Å²) >= 11 is 0. The molecule has 0 radical (unpaired) electrons. The van der Waals surface area contributed by atoms with Crippen molar-refractivity contribution < 1.29 is 13.2 Å². The van der Waals surface area contributed by atoms with Gasteiger partial charge in [0.15, 0.2) is 11.6 Å². The second-order valence-electron chi connectivity index (χ2n) is 5.07. The third-order valence-corrected chi connectivity index (χ3v) is 3.15. The van der Waals surface area contributed by atoms with Gasteiger partial charge in [0, 0.05) is 23.5 Å². The van der Waals surface area contributed by atoms with Crippen LogP contribution in [-0.4, -0.2) is 9.97 Å². The number of hydrogen-bond donors (Lipinski definition) is 2. The standard InChI is InChI=1S/C17H13F3N4/c1-10-21-16(23-12-4-2-11(18)3-5-12)9-17(22-10)24-13-6-7-14(19)15(20)8-13/h2-9H,1H3,(H2,21,22,23,24). The number of halogens is 3. The van der Waals surface area contributed by atoms with Gasteiger partial charge >= 0.3 is 0 Å². The lowest BCUT2D eigenvalue weighted by Crippen LogP contribution is -2.02. The molecule has 2 N–H and O–H groups in total. The number of nitrogens with zero attached hydrogens (tertiary/aromatic N) is 2. The average Bonchev–Trinajstić information content (AvgIpc) is 2.53. The first-order valence-corrected chi connectivity index (χ1v) is 7.10. The first-order chi connectivity index (χ1) is 11.5. The van der Waals surface area contributed by atoms with Gasteiger partial charge in [-0.15, -0.1) is 0 Å². The van der Waals surface area contributed by atoms with Crippen LogP contribution in [0.2, 0.25) is 0 Å². The Hall–Kier alpha value is -3.09. The fourth-order valence-corrected chi connectivity index (χ4v) is 2.10. The molecule has 0 aliphatic rings. The highest BCUT2D eigenvalue weighted by Crippen LogP contribution is 2.21. The Morgan fingerprint density at radius 2 is 1.29 bits per heavy atom. The lowest BCUT2D eigenvalue weighted by molar-refractivity contribution is 0.509. The molecule has 0 aliphatic carbocycles. The molecule has 24 heavy (non-hydrogen) atoms. The van der Waals surface area contributed by atoms with Crippen LogP contribution >= 0.6 is 0 Å². The fraction of sp³-hybridized carbons (Fsp3) is 0.0588. The molecule has 2 aromatic carbocycles. The first-order valence-electron chi connectivity index (χ1n) is 7.10. The van der Waals surface area contributed by atoms with E-state index in [4.69, 9.17) is 0 Å². The van der Waals surface area contributed by atoms with Gasteiger partial charge in [-0.1, -0.05) is 0 Å². The summed E-state index contributed by atoms with van der Waals surface area (Å²) in [5, 5.41) is 5.92. The smallest absolute Gasteiger partial charge is 0.160 e. The molecule has 1 aromatic heterocycles. The highest BCUT2D eigenvalue weighted by Gasteiger charge is 2.06.